The van der Waals surface area contributed by atoms with Gasteiger partial charge in [0.2, 0.25) is 0 Å². The summed E-state index contributed by atoms with van der Waals surface area (Å²) in [6.45, 7) is 1.76. The Labute approximate surface area is 142 Å². The summed E-state index contributed by atoms with van der Waals surface area (Å²) < 4.78 is 6.22. The van der Waals surface area contributed by atoms with Gasteiger partial charge in [-0.05, 0) is 30.2 Å². The third-order valence-electron chi connectivity index (χ3n) is 4.29. The summed E-state index contributed by atoms with van der Waals surface area (Å²) in [7, 11) is 1.30. The summed E-state index contributed by atoms with van der Waals surface area (Å²) in [6.07, 6.45) is 5.74. The van der Waals surface area contributed by atoms with Crippen LogP contribution in [0.25, 0.3) is 0 Å². The Balaban J connectivity index is 1.86. The zero-order valence-corrected chi connectivity index (χ0v) is 14.3. The first-order valence-electron chi connectivity index (χ1n) is 7.67. The molecule has 0 unspecified atom stereocenters. The normalized spacial score (nSPS) is 16.6. The van der Waals surface area contributed by atoms with Crippen LogP contribution in [0.1, 0.15) is 47.5 Å². The van der Waals surface area contributed by atoms with Crippen molar-refractivity contribution in [1.29, 1.82) is 0 Å². The number of methoxy groups -OCH3 is 1. The van der Waals surface area contributed by atoms with Crippen molar-refractivity contribution in [3.63, 3.8) is 0 Å². The molecule has 3 rings (SSSR count). The molecule has 0 aromatic carbocycles. The van der Waals surface area contributed by atoms with Crippen molar-refractivity contribution in [3.05, 3.63) is 16.9 Å². The second-order valence-electron chi connectivity index (χ2n) is 5.72. The first-order chi connectivity index (χ1) is 11.6. The highest BCUT2D eigenvalue weighted by Gasteiger charge is 2.43. The van der Waals surface area contributed by atoms with Gasteiger partial charge in [0.15, 0.2) is 10.8 Å². The zero-order valence-electron chi connectivity index (χ0n) is 13.5. The lowest BCUT2D eigenvalue weighted by Crippen LogP contribution is -2.47. The molecule has 1 aliphatic carbocycles. The number of anilines is 1. The van der Waals surface area contributed by atoms with Gasteiger partial charge in [-0.25, -0.2) is 14.5 Å². The summed E-state index contributed by atoms with van der Waals surface area (Å²) in [5.41, 5.74) is -0.592. The smallest absolute Gasteiger partial charge is 0.357 e. The number of aryl methyl sites for hydroxylation is 1. The lowest BCUT2D eigenvalue weighted by atomic mass is 9.81. The lowest BCUT2D eigenvalue weighted by Gasteiger charge is -2.34. The fourth-order valence-corrected chi connectivity index (χ4v) is 3.80. The molecule has 10 heteroatoms. The highest BCUT2D eigenvalue weighted by molar-refractivity contribution is 7.16. The second kappa shape index (κ2) is 6.63. The molecule has 128 valence electrons. The Morgan fingerprint density at radius 3 is 2.71 bits per heavy atom. The monoisotopic (exact) mass is 350 g/mol. The highest BCUT2D eigenvalue weighted by Crippen LogP contribution is 2.36. The number of carbonyl (C=O) groups is 2. The molecule has 1 aliphatic rings. The number of tetrazole rings is 1. The van der Waals surface area contributed by atoms with Gasteiger partial charge in [0, 0.05) is 4.88 Å². The van der Waals surface area contributed by atoms with E-state index in [1.165, 1.54) is 29.5 Å². The van der Waals surface area contributed by atoms with E-state index >= 15 is 0 Å². The van der Waals surface area contributed by atoms with E-state index in [-0.39, 0.29) is 11.6 Å². The average molecular weight is 350 g/mol. The molecule has 1 N–H and O–H groups in total. The molecule has 0 aliphatic heterocycles. The Morgan fingerprint density at radius 2 is 2.08 bits per heavy atom. The van der Waals surface area contributed by atoms with Crippen molar-refractivity contribution >= 4 is 28.3 Å². The topological polar surface area (TPSA) is 112 Å². The summed E-state index contributed by atoms with van der Waals surface area (Å²) in [5.74, 6) is -0.725. The number of esters is 1. The maximum atomic E-state index is 13.0. The van der Waals surface area contributed by atoms with Crippen LogP contribution in [0, 0.1) is 6.92 Å². The van der Waals surface area contributed by atoms with Crippen molar-refractivity contribution in [2.45, 2.75) is 44.6 Å². The predicted octanol–water partition coefficient (Wildman–Crippen LogP) is 1.52. The van der Waals surface area contributed by atoms with Crippen molar-refractivity contribution in [2.75, 3.05) is 12.4 Å². The number of nitrogens with zero attached hydrogens (tertiary/aromatic N) is 5. The van der Waals surface area contributed by atoms with Crippen LogP contribution in [0.15, 0.2) is 6.33 Å². The predicted molar refractivity (Wildman–Crippen MR) is 85.7 cm³/mol. The van der Waals surface area contributed by atoms with Crippen molar-refractivity contribution in [3.8, 4) is 0 Å². The minimum absolute atomic E-state index is 0.209. The van der Waals surface area contributed by atoms with E-state index in [0.717, 1.165) is 19.3 Å². The minimum Gasteiger partial charge on any atom is -0.464 e. The molecule has 1 amide bonds. The van der Waals surface area contributed by atoms with E-state index in [2.05, 4.69) is 25.8 Å². The summed E-state index contributed by atoms with van der Waals surface area (Å²) in [6, 6.07) is 0. The third kappa shape index (κ3) is 2.88. The molecule has 0 spiro atoms. The fraction of sp³-hybridized carbons (Fsp3) is 0.571. The quantitative estimate of drug-likeness (QED) is 0.832. The Hall–Kier alpha value is -2.36. The minimum atomic E-state index is -0.813. The van der Waals surface area contributed by atoms with Gasteiger partial charge in [-0.3, -0.25) is 10.1 Å². The SMILES string of the molecule is COC(=O)c1nc(NC(=O)C2(n3cnnn3)CCCCC2)sc1C. The largest absolute Gasteiger partial charge is 0.464 e. The number of nitrogens with one attached hydrogen (secondary N) is 1. The molecule has 2 aromatic heterocycles. The third-order valence-corrected chi connectivity index (χ3v) is 5.17. The van der Waals surface area contributed by atoms with Crippen LogP contribution in [0.4, 0.5) is 5.13 Å². The molecule has 0 bridgehead atoms. The number of hydrogen-bond donors (Lipinski definition) is 1. The molecule has 1 saturated carbocycles. The van der Waals surface area contributed by atoms with Crippen molar-refractivity contribution in [2.24, 2.45) is 0 Å². The zero-order chi connectivity index (χ0) is 17.2. The Kier molecular flexibility index (Phi) is 4.56. The van der Waals surface area contributed by atoms with Crippen LogP contribution in [-0.4, -0.2) is 44.2 Å². The summed E-state index contributed by atoms with van der Waals surface area (Å²) >= 11 is 1.24. The van der Waals surface area contributed by atoms with Gasteiger partial charge < -0.3 is 4.74 Å². The van der Waals surface area contributed by atoms with Crippen LogP contribution >= 0.6 is 11.3 Å². The highest BCUT2D eigenvalue weighted by atomic mass is 32.1. The van der Waals surface area contributed by atoms with Gasteiger partial charge in [-0.1, -0.05) is 19.3 Å². The van der Waals surface area contributed by atoms with Crippen LogP contribution in [0.3, 0.4) is 0 Å². The van der Waals surface area contributed by atoms with Crippen LogP contribution in [-0.2, 0) is 15.1 Å². The van der Waals surface area contributed by atoms with Gasteiger partial charge in [0.05, 0.1) is 7.11 Å². The molecular weight excluding hydrogens is 332 g/mol. The molecule has 0 atom stereocenters. The molecule has 9 nitrogen and oxygen atoms in total. The van der Waals surface area contributed by atoms with Crippen molar-refractivity contribution in [1.82, 2.24) is 25.2 Å². The Bertz CT molecular complexity index is 736. The number of hydrogen-bond acceptors (Lipinski definition) is 8. The lowest BCUT2D eigenvalue weighted by molar-refractivity contribution is -0.126. The van der Waals surface area contributed by atoms with E-state index in [1.807, 2.05) is 0 Å². The van der Waals surface area contributed by atoms with Crippen LogP contribution in [0.2, 0.25) is 0 Å². The molecule has 2 heterocycles. The van der Waals surface area contributed by atoms with Gasteiger partial charge >= 0.3 is 5.97 Å². The van der Waals surface area contributed by atoms with E-state index < -0.39 is 11.5 Å². The maximum Gasteiger partial charge on any atom is 0.357 e. The van der Waals surface area contributed by atoms with E-state index in [0.29, 0.717) is 22.9 Å². The van der Waals surface area contributed by atoms with Gasteiger partial charge in [0.25, 0.3) is 5.91 Å². The van der Waals surface area contributed by atoms with Crippen molar-refractivity contribution < 1.29 is 14.3 Å². The number of aromatic nitrogens is 5. The standard InChI is InChI=1S/C14H18N6O3S/c1-9-10(11(21)23-2)16-13(24-9)17-12(22)14(6-4-3-5-7-14)20-8-15-18-19-20/h8H,3-7H2,1-2H3,(H,16,17,22). The molecule has 0 saturated heterocycles. The van der Waals surface area contributed by atoms with Crippen LogP contribution in [0.5, 0.6) is 0 Å². The van der Waals surface area contributed by atoms with Gasteiger partial charge in [-0.15, -0.1) is 16.4 Å². The fourth-order valence-electron chi connectivity index (χ4n) is 3.00. The summed E-state index contributed by atoms with van der Waals surface area (Å²) in [4.78, 5) is 29.5. The second-order valence-corrected chi connectivity index (χ2v) is 6.92. The number of amides is 1. The first-order valence-corrected chi connectivity index (χ1v) is 8.49. The van der Waals surface area contributed by atoms with Crippen LogP contribution < -0.4 is 5.32 Å². The molecule has 2 aromatic rings. The molecule has 1 fully saturated rings. The average Bonchev–Trinajstić information content (AvgIpc) is 3.25. The molecule has 0 radical (unpaired) electrons. The van der Waals surface area contributed by atoms with Gasteiger partial charge in [-0.2, -0.15) is 0 Å². The number of carbonyl (C=O) groups excluding carboxylic acids is 2. The first kappa shape index (κ1) is 16.5. The van der Waals surface area contributed by atoms with E-state index in [1.54, 1.807) is 6.92 Å². The number of ether oxygens (including phenoxy) is 1. The number of rotatable bonds is 4. The Morgan fingerprint density at radius 1 is 1.33 bits per heavy atom. The molecule has 24 heavy (non-hydrogen) atoms. The van der Waals surface area contributed by atoms with Gasteiger partial charge in [0.1, 0.15) is 11.9 Å². The summed E-state index contributed by atoms with van der Waals surface area (Å²) in [5, 5.41) is 14.5. The van der Waals surface area contributed by atoms with E-state index in [9.17, 15) is 9.59 Å². The number of thiazole rings is 1. The molecular formula is C14H18N6O3S. The maximum absolute atomic E-state index is 13.0. The van der Waals surface area contributed by atoms with E-state index in [4.69, 9.17) is 4.74 Å².